The average Bonchev–Trinajstić information content (AvgIpc) is 2.99. The van der Waals surface area contributed by atoms with Crippen molar-refractivity contribution in [2.75, 3.05) is 40.0 Å². The molecular weight excluding hydrogens is 280 g/mol. The molecule has 116 valence electrons. The van der Waals surface area contributed by atoms with Gasteiger partial charge in [0, 0.05) is 32.3 Å². The van der Waals surface area contributed by atoms with Crippen LogP contribution in [0.4, 0.5) is 0 Å². The van der Waals surface area contributed by atoms with E-state index in [1.165, 1.54) is 0 Å². The second-order valence-corrected chi connectivity index (χ2v) is 5.46. The number of nitrogens with zero attached hydrogens (tertiary/aromatic N) is 2. The van der Waals surface area contributed by atoms with Gasteiger partial charge in [0.05, 0.1) is 0 Å². The van der Waals surface area contributed by atoms with Gasteiger partial charge >= 0.3 is 0 Å². The average molecular weight is 300 g/mol. The van der Waals surface area contributed by atoms with Crippen LogP contribution in [0.1, 0.15) is 5.56 Å². The molecule has 1 fully saturated rings. The number of hydrogen-bond donors (Lipinski definition) is 0. The molecule has 5 nitrogen and oxygen atoms in total. The summed E-state index contributed by atoms with van der Waals surface area (Å²) in [5.41, 5.74) is 1.01. The van der Waals surface area contributed by atoms with E-state index < -0.39 is 0 Å². The first-order valence-electron chi connectivity index (χ1n) is 7.44. The summed E-state index contributed by atoms with van der Waals surface area (Å²) in [6.45, 7) is 3.75. The summed E-state index contributed by atoms with van der Waals surface area (Å²) in [6, 6.07) is 5.77. The molecule has 0 atom stereocenters. The van der Waals surface area contributed by atoms with E-state index in [9.17, 15) is 4.79 Å². The smallest absolute Gasteiger partial charge is 0.246 e. The third-order valence-corrected chi connectivity index (χ3v) is 3.85. The number of likely N-dealkylation sites (N-methyl/N-ethyl adjacent to an activating group) is 1. The zero-order chi connectivity index (χ0) is 15.4. The maximum absolute atomic E-state index is 12.0. The first kappa shape index (κ1) is 14.7. The van der Waals surface area contributed by atoms with Crippen molar-refractivity contribution in [1.82, 2.24) is 9.80 Å². The van der Waals surface area contributed by atoms with Crippen LogP contribution in [0.15, 0.2) is 36.4 Å². The third-order valence-electron chi connectivity index (χ3n) is 3.85. The van der Waals surface area contributed by atoms with Gasteiger partial charge < -0.3 is 19.3 Å². The molecule has 0 N–H and O–H groups in total. The molecule has 1 amide bonds. The van der Waals surface area contributed by atoms with Gasteiger partial charge in [-0.3, -0.25) is 4.79 Å². The van der Waals surface area contributed by atoms with Gasteiger partial charge in [-0.1, -0.05) is 24.3 Å². The molecule has 2 aliphatic heterocycles. The van der Waals surface area contributed by atoms with Crippen LogP contribution in [-0.2, 0) is 4.79 Å². The highest BCUT2D eigenvalue weighted by atomic mass is 16.7. The minimum absolute atomic E-state index is 0.0726. The molecule has 0 saturated carbocycles. The van der Waals surface area contributed by atoms with Gasteiger partial charge in [0.25, 0.3) is 0 Å². The Morgan fingerprint density at radius 1 is 1.09 bits per heavy atom. The van der Waals surface area contributed by atoms with Crippen molar-refractivity contribution in [1.29, 1.82) is 0 Å². The van der Waals surface area contributed by atoms with Crippen molar-refractivity contribution in [3.63, 3.8) is 0 Å². The Morgan fingerprint density at radius 3 is 2.68 bits per heavy atom. The summed E-state index contributed by atoms with van der Waals surface area (Å²) in [5, 5.41) is 0. The zero-order valence-electron chi connectivity index (χ0n) is 12.7. The second kappa shape index (κ2) is 6.66. The number of rotatable bonds is 3. The van der Waals surface area contributed by atoms with Gasteiger partial charge in [-0.15, -0.1) is 0 Å². The van der Waals surface area contributed by atoms with Crippen LogP contribution in [0, 0.1) is 0 Å². The Balaban J connectivity index is 1.54. The third kappa shape index (κ3) is 3.49. The van der Waals surface area contributed by atoms with Crippen LogP contribution in [0.2, 0.25) is 0 Å². The van der Waals surface area contributed by atoms with Gasteiger partial charge in [0.1, 0.15) is 0 Å². The molecule has 1 saturated heterocycles. The van der Waals surface area contributed by atoms with Crippen LogP contribution < -0.4 is 9.47 Å². The van der Waals surface area contributed by atoms with Gasteiger partial charge in [-0.2, -0.15) is 0 Å². The van der Waals surface area contributed by atoms with Crippen molar-refractivity contribution < 1.29 is 14.3 Å². The molecule has 22 heavy (non-hydrogen) atoms. The second-order valence-electron chi connectivity index (χ2n) is 5.46. The quantitative estimate of drug-likeness (QED) is 0.630. The number of carbonyl (C=O) groups is 1. The highest BCUT2D eigenvalue weighted by molar-refractivity contribution is 5.88. The van der Waals surface area contributed by atoms with Crippen LogP contribution in [-0.4, -0.2) is 55.7 Å². The van der Waals surface area contributed by atoms with E-state index in [1.807, 2.05) is 35.3 Å². The van der Waals surface area contributed by atoms with Gasteiger partial charge in [-0.25, -0.2) is 0 Å². The maximum atomic E-state index is 12.0. The van der Waals surface area contributed by atoms with Crippen molar-refractivity contribution in [2.45, 2.75) is 0 Å². The van der Waals surface area contributed by atoms with E-state index in [4.69, 9.17) is 9.47 Å². The molecule has 0 radical (unpaired) electrons. The van der Waals surface area contributed by atoms with Crippen LogP contribution >= 0.6 is 0 Å². The predicted octanol–water partition coefficient (Wildman–Crippen LogP) is 1.76. The Kier molecular flexibility index (Phi) is 4.44. The van der Waals surface area contributed by atoms with Crippen molar-refractivity contribution in [2.24, 2.45) is 0 Å². The zero-order valence-corrected chi connectivity index (χ0v) is 12.7. The standard InChI is InChI=1S/C17H20N2O3/c1-18-8-10-19(11-9-18)17(20)5-3-2-4-14-6-7-15-16(12-14)22-13-21-15/h2-7,12H,8-11,13H2,1H3/b4-2+,5-3+. The fourth-order valence-corrected chi connectivity index (χ4v) is 2.45. The molecular formula is C17H20N2O3. The van der Waals surface area contributed by atoms with Crippen LogP contribution in [0.5, 0.6) is 11.5 Å². The summed E-state index contributed by atoms with van der Waals surface area (Å²) in [5.74, 6) is 1.61. The van der Waals surface area contributed by atoms with E-state index in [0.717, 1.165) is 43.2 Å². The molecule has 3 rings (SSSR count). The van der Waals surface area contributed by atoms with Gasteiger partial charge in [0.15, 0.2) is 11.5 Å². The number of carbonyl (C=O) groups excluding carboxylic acids is 1. The number of fused-ring (bicyclic) bond motifs is 1. The van der Waals surface area contributed by atoms with E-state index in [2.05, 4.69) is 11.9 Å². The number of ether oxygens (including phenoxy) is 2. The lowest BCUT2D eigenvalue weighted by Crippen LogP contribution is -2.46. The van der Waals surface area contributed by atoms with E-state index in [1.54, 1.807) is 12.2 Å². The van der Waals surface area contributed by atoms with Gasteiger partial charge in [-0.05, 0) is 24.7 Å². The molecule has 0 bridgehead atoms. The summed E-state index contributed by atoms with van der Waals surface area (Å²) < 4.78 is 10.6. The normalized spacial score (nSPS) is 18.5. The Bertz CT molecular complexity index is 602. The lowest BCUT2D eigenvalue weighted by molar-refractivity contribution is -0.127. The van der Waals surface area contributed by atoms with Crippen LogP contribution in [0.3, 0.4) is 0 Å². The number of hydrogen-bond acceptors (Lipinski definition) is 4. The molecule has 2 heterocycles. The highest BCUT2D eigenvalue weighted by Crippen LogP contribution is 2.32. The Labute approximate surface area is 130 Å². The van der Waals surface area contributed by atoms with Gasteiger partial charge in [0.2, 0.25) is 12.7 Å². The Morgan fingerprint density at radius 2 is 1.86 bits per heavy atom. The van der Waals surface area contributed by atoms with E-state index in [-0.39, 0.29) is 12.7 Å². The first-order chi connectivity index (χ1) is 10.7. The molecule has 0 aliphatic carbocycles. The Hall–Kier alpha value is -2.27. The molecule has 1 aromatic carbocycles. The van der Waals surface area contributed by atoms with Crippen molar-refractivity contribution in [3.8, 4) is 11.5 Å². The molecule has 0 unspecified atom stereocenters. The summed E-state index contributed by atoms with van der Waals surface area (Å²) in [4.78, 5) is 16.1. The predicted molar refractivity (Wildman–Crippen MR) is 84.8 cm³/mol. The maximum Gasteiger partial charge on any atom is 0.246 e. The van der Waals surface area contributed by atoms with Crippen LogP contribution in [0.25, 0.3) is 6.08 Å². The lowest BCUT2D eigenvalue weighted by Gasteiger charge is -2.31. The molecule has 2 aliphatic rings. The molecule has 5 heteroatoms. The number of amides is 1. The van der Waals surface area contributed by atoms with E-state index >= 15 is 0 Å². The summed E-state index contributed by atoms with van der Waals surface area (Å²) in [7, 11) is 2.08. The summed E-state index contributed by atoms with van der Waals surface area (Å²) in [6.07, 6.45) is 7.21. The number of piperazine rings is 1. The minimum atomic E-state index is 0.0726. The lowest BCUT2D eigenvalue weighted by atomic mass is 10.2. The molecule has 1 aromatic rings. The SMILES string of the molecule is CN1CCN(C(=O)/C=C/C=C/c2ccc3c(c2)OCO3)CC1. The number of benzene rings is 1. The van der Waals surface area contributed by atoms with Crippen molar-refractivity contribution in [3.05, 3.63) is 42.0 Å². The monoisotopic (exact) mass is 300 g/mol. The molecule has 0 aromatic heterocycles. The summed E-state index contributed by atoms with van der Waals surface area (Å²) >= 11 is 0. The highest BCUT2D eigenvalue weighted by Gasteiger charge is 2.16. The minimum Gasteiger partial charge on any atom is -0.454 e. The fourth-order valence-electron chi connectivity index (χ4n) is 2.45. The molecule has 0 spiro atoms. The fraction of sp³-hybridized carbons (Fsp3) is 0.353. The van der Waals surface area contributed by atoms with Crippen molar-refractivity contribution >= 4 is 12.0 Å². The number of allylic oxidation sites excluding steroid dienone is 2. The first-order valence-corrected chi connectivity index (χ1v) is 7.44. The topological polar surface area (TPSA) is 42.0 Å². The largest absolute Gasteiger partial charge is 0.454 e. The van der Waals surface area contributed by atoms with E-state index in [0.29, 0.717) is 0 Å².